The van der Waals surface area contributed by atoms with E-state index >= 15 is 0 Å². The van der Waals surface area contributed by atoms with Gasteiger partial charge in [0, 0.05) is 5.92 Å². The lowest BCUT2D eigenvalue weighted by Gasteiger charge is -2.10. The van der Waals surface area contributed by atoms with Gasteiger partial charge >= 0.3 is 5.97 Å². The Morgan fingerprint density at radius 3 is 2.20 bits per heavy atom. The number of carbonyl (C=O) groups is 1. The number of aliphatic carboxylic acids is 1. The largest absolute Gasteiger partial charge is 0.480 e. The van der Waals surface area contributed by atoms with Crippen LogP contribution in [0.4, 0.5) is 0 Å². The van der Waals surface area contributed by atoms with E-state index in [0.717, 1.165) is 0 Å². The first-order valence-corrected chi connectivity index (χ1v) is 5.44. The maximum absolute atomic E-state index is 11.1. The number of hydrogen-bond donors (Lipinski definition) is 1. The van der Waals surface area contributed by atoms with Gasteiger partial charge < -0.3 is 5.11 Å². The summed E-state index contributed by atoms with van der Waals surface area (Å²) < 4.78 is -1.52. The Morgan fingerprint density at radius 1 is 1.53 bits per heavy atom. The standard InChI is InChI=1S/C9H10Cl3NO2/c1-7(2)5(3-9(10,11)12)8(7,4-13)6(14)15/h5H,3H2,1-2H3,(H,14,15)/t5-,8+/m1/s1. The van der Waals surface area contributed by atoms with Crippen molar-refractivity contribution >= 4 is 40.8 Å². The quantitative estimate of drug-likeness (QED) is 0.785. The molecule has 1 rings (SSSR count). The van der Waals surface area contributed by atoms with Crippen LogP contribution in [0.3, 0.4) is 0 Å². The van der Waals surface area contributed by atoms with E-state index in [1.807, 2.05) is 6.07 Å². The third kappa shape index (κ3) is 1.80. The van der Waals surface area contributed by atoms with Crippen molar-refractivity contribution in [3.8, 4) is 6.07 Å². The van der Waals surface area contributed by atoms with E-state index in [2.05, 4.69) is 0 Å². The lowest BCUT2D eigenvalue weighted by atomic mass is 9.98. The van der Waals surface area contributed by atoms with Crippen molar-refractivity contribution in [2.24, 2.45) is 16.7 Å². The fourth-order valence-electron chi connectivity index (χ4n) is 2.20. The first kappa shape index (κ1) is 12.9. The highest BCUT2D eigenvalue weighted by atomic mass is 35.6. The Labute approximate surface area is 103 Å². The predicted octanol–water partition coefficient (Wildman–Crippen LogP) is 3.00. The van der Waals surface area contributed by atoms with Crippen molar-refractivity contribution in [3.05, 3.63) is 0 Å². The number of carboxylic acid groups (broad SMARTS) is 1. The number of carboxylic acids is 1. The molecule has 0 aromatic heterocycles. The van der Waals surface area contributed by atoms with E-state index in [-0.39, 0.29) is 6.42 Å². The van der Waals surface area contributed by atoms with Crippen molar-refractivity contribution in [2.75, 3.05) is 0 Å². The van der Waals surface area contributed by atoms with Gasteiger partial charge in [-0.2, -0.15) is 5.26 Å². The minimum Gasteiger partial charge on any atom is -0.480 e. The number of nitriles is 1. The second-order valence-electron chi connectivity index (χ2n) is 4.32. The molecule has 0 amide bonds. The van der Waals surface area contributed by atoms with E-state index in [4.69, 9.17) is 45.2 Å². The molecule has 0 aromatic carbocycles. The molecule has 0 saturated heterocycles. The van der Waals surface area contributed by atoms with Gasteiger partial charge in [0.25, 0.3) is 0 Å². The molecule has 0 heterocycles. The Balaban J connectivity index is 2.97. The van der Waals surface area contributed by atoms with E-state index < -0.39 is 26.5 Å². The Bertz CT molecular complexity index is 342. The second kappa shape index (κ2) is 3.41. The first-order chi connectivity index (χ1) is 6.59. The molecule has 1 N–H and O–H groups in total. The smallest absolute Gasteiger partial charge is 0.324 e. The van der Waals surface area contributed by atoms with Gasteiger partial charge in [-0.15, -0.1) is 0 Å². The number of rotatable bonds is 2. The molecule has 1 aliphatic carbocycles. The number of halogens is 3. The van der Waals surface area contributed by atoms with Gasteiger partial charge in [-0.3, -0.25) is 4.79 Å². The fraction of sp³-hybridized carbons (Fsp3) is 0.778. The normalized spacial score (nSPS) is 33.2. The molecule has 0 unspecified atom stereocenters. The summed E-state index contributed by atoms with van der Waals surface area (Å²) >= 11 is 16.8. The maximum Gasteiger partial charge on any atom is 0.324 e. The van der Waals surface area contributed by atoms with Crippen molar-refractivity contribution in [3.63, 3.8) is 0 Å². The van der Waals surface area contributed by atoms with Crippen LogP contribution < -0.4 is 0 Å². The molecule has 6 heteroatoms. The predicted molar refractivity (Wildman–Crippen MR) is 57.9 cm³/mol. The van der Waals surface area contributed by atoms with Gasteiger partial charge in [-0.25, -0.2) is 0 Å². The summed E-state index contributed by atoms with van der Waals surface area (Å²) in [6, 6.07) is 1.84. The number of hydrogen-bond acceptors (Lipinski definition) is 2. The maximum atomic E-state index is 11.1. The minimum absolute atomic E-state index is 0.0739. The summed E-state index contributed by atoms with van der Waals surface area (Å²) in [6.45, 7) is 3.40. The molecule has 2 atom stereocenters. The summed E-state index contributed by atoms with van der Waals surface area (Å²) in [6.07, 6.45) is 0.0739. The lowest BCUT2D eigenvalue weighted by Crippen LogP contribution is -2.20. The topological polar surface area (TPSA) is 61.1 Å². The van der Waals surface area contributed by atoms with Gasteiger partial charge in [0.05, 0.1) is 6.07 Å². The monoisotopic (exact) mass is 269 g/mol. The van der Waals surface area contributed by atoms with Crippen LogP contribution in [-0.4, -0.2) is 14.9 Å². The second-order valence-corrected chi connectivity index (χ2v) is 6.83. The first-order valence-electron chi connectivity index (χ1n) is 4.31. The van der Waals surface area contributed by atoms with Crippen molar-refractivity contribution in [1.29, 1.82) is 5.26 Å². The van der Waals surface area contributed by atoms with Gasteiger partial charge in [0.1, 0.15) is 0 Å². The molecule has 0 bridgehead atoms. The van der Waals surface area contributed by atoms with E-state index in [0.29, 0.717) is 0 Å². The van der Waals surface area contributed by atoms with E-state index in [1.165, 1.54) is 0 Å². The van der Waals surface area contributed by atoms with Crippen molar-refractivity contribution in [1.82, 2.24) is 0 Å². The van der Waals surface area contributed by atoms with Crippen LogP contribution in [0.1, 0.15) is 20.3 Å². The summed E-state index contributed by atoms with van der Waals surface area (Å²) in [7, 11) is 0. The molecule has 1 aliphatic rings. The Hall–Kier alpha value is -0.170. The van der Waals surface area contributed by atoms with Crippen LogP contribution in [0.25, 0.3) is 0 Å². The number of alkyl halides is 3. The molecule has 1 saturated carbocycles. The summed E-state index contributed by atoms with van der Waals surface area (Å²) in [5.41, 5.74) is -2.07. The molecule has 0 aromatic rings. The third-order valence-corrected chi connectivity index (χ3v) is 3.74. The Morgan fingerprint density at radius 2 is 2.00 bits per heavy atom. The van der Waals surface area contributed by atoms with Crippen LogP contribution in [0, 0.1) is 28.1 Å². The minimum atomic E-state index is -1.52. The van der Waals surface area contributed by atoms with Gasteiger partial charge in [0.15, 0.2) is 9.21 Å². The van der Waals surface area contributed by atoms with Crippen LogP contribution in [-0.2, 0) is 4.79 Å². The average molecular weight is 271 g/mol. The number of nitrogens with zero attached hydrogens (tertiary/aromatic N) is 1. The molecule has 0 spiro atoms. The zero-order chi connectivity index (χ0) is 12.1. The fourth-order valence-corrected chi connectivity index (χ4v) is 2.67. The van der Waals surface area contributed by atoms with E-state index in [1.54, 1.807) is 13.8 Å². The molecule has 0 aliphatic heterocycles. The molecular weight excluding hydrogens is 260 g/mol. The van der Waals surface area contributed by atoms with Crippen molar-refractivity contribution in [2.45, 2.75) is 24.1 Å². The third-order valence-electron chi connectivity index (χ3n) is 3.28. The highest BCUT2D eigenvalue weighted by molar-refractivity contribution is 6.67. The highest BCUT2D eigenvalue weighted by Crippen LogP contribution is 2.71. The van der Waals surface area contributed by atoms with Crippen molar-refractivity contribution < 1.29 is 9.90 Å². The lowest BCUT2D eigenvalue weighted by molar-refractivity contribution is -0.142. The highest BCUT2D eigenvalue weighted by Gasteiger charge is 2.77. The molecule has 0 radical (unpaired) electrons. The SMILES string of the molecule is CC1(C)[C@@H](CC(Cl)(Cl)Cl)[C@@]1(C#N)C(=O)O. The molecule has 15 heavy (non-hydrogen) atoms. The average Bonchev–Trinajstić information content (AvgIpc) is 2.45. The molecular formula is C9H10Cl3NO2. The molecule has 3 nitrogen and oxygen atoms in total. The van der Waals surface area contributed by atoms with Crippen LogP contribution >= 0.6 is 34.8 Å². The van der Waals surface area contributed by atoms with E-state index in [9.17, 15) is 4.79 Å². The van der Waals surface area contributed by atoms with Gasteiger partial charge in [-0.1, -0.05) is 48.7 Å². The summed E-state index contributed by atoms with van der Waals surface area (Å²) in [5, 5.41) is 18.0. The van der Waals surface area contributed by atoms with Gasteiger partial charge in [-0.05, 0) is 11.8 Å². The zero-order valence-corrected chi connectivity index (χ0v) is 10.5. The van der Waals surface area contributed by atoms with Crippen LogP contribution in [0.15, 0.2) is 0 Å². The zero-order valence-electron chi connectivity index (χ0n) is 8.22. The summed E-state index contributed by atoms with van der Waals surface area (Å²) in [4.78, 5) is 11.1. The molecule has 1 fully saturated rings. The molecule has 84 valence electrons. The van der Waals surface area contributed by atoms with Gasteiger partial charge in [0.2, 0.25) is 0 Å². The Kier molecular flexibility index (Phi) is 2.93. The summed E-state index contributed by atoms with van der Waals surface area (Å²) in [5.74, 6) is -1.57. The van der Waals surface area contributed by atoms with Crippen LogP contribution in [0.2, 0.25) is 0 Å². The van der Waals surface area contributed by atoms with Crippen LogP contribution in [0.5, 0.6) is 0 Å².